The average Bonchev–Trinajstić information content (AvgIpc) is 1.35. The van der Waals surface area contributed by atoms with Crippen LogP contribution in [0.2, 0.25) is 0 Å². The highest BCUT2D eigenvalue weighted by molar-refractivity contribution is 6.27. The highest BCUT2D eigenvalue weighted by Crippen LogP contribution is 1.95. The molecule has 0 aromatic rings. The maximum Gasteiger partial charge on any atom is 0.241 e. The van der Waals surface area contributed by atoms with Gasteiger partial charge in [0.1, 0.15) is 0 Å². The summed E-state index contributed by atoms with van der Waals surface area (Å²) in [7, 11) is 0. The van der Waals surface area contributed by atoms with Crippen molar-refractivity contribution in [2.45, 2.75) is 13.3 Å². The van der Waals surface area contributed by atoms with Crippen molar-refractivity contribution in [1.29, 1.82) is 0 Å². The van der Waals surface area contributed by atoms with E-state index < -0.39 is 0 Å². The SMILES string of the molecule is CC/C=C(/[O])Cl. The summed E-state index contributed by atoms with van der Waals surface area (Å²) in [6.07, 6.45) is 2.14. The van der Waals surface area contributed by atoms with Crippen molar-refractivity contribution < 1.29 is 5.11 Å². The topological polar surface area (TPSA) is 19.9 Å². The highest BCUT2D eigenvalue weighted by atomic mass is 35.5. The first-order chi connectivity index (χ1) is 2.77. The summed E-state index contributed by atoms with van der Waals surface area (Å²) in [6.45, 7) is 1.86. The third-order valence-corrected chi connectivity index (χ3v) is 0.519. The molecule has 0 unspecified atom stereocenters. The van der Waals surface area contributed by atoms with Crippen LogP contribution < -0.4 is 0 Å². The molecule has 0 amide bonds. The number of hydrogen-bond acceptors (Lipinski definition) is 0. The second-order valence-corrected chi connectivity index (χ2v) is 1.29. The largest absolute Gasteiger partial charge is 0.277 e. The van der Waals surface area contributed by atoms with Crippen molar-refractivity contribution in [2.75, 3.05) is 0 Å². The molecule has 0 rings (SSSR count). The van der Waals surface area contributed by atoms with E-state index in [0.717, 1.165) is 6.42 Å². The Kier molecular flexibility index (Phi) is 2.95. The zero-order valence-electron chi connectivity index (χ0n) is 3.57. The van der Waals surface area contributed by atoms with Gasteiger partial charge in [-0.25, -0.2) is 0 Å². The number of halogens is 1. The first kappa shape index (κ1) is 5.83. The predicted molar refractivity (Wildman–Crippen MR) is 24.9 cm³/mol. The summed E-state index contributed by atoms with van der Waals surface area (Å²) in [5.74, 6) is 0. The molecule has 0 saturated carbocycles. The smallest absolute Gasteiger partial charge is 0.241 e. The molecule has 1 radical (unpaired) electrons. The maximum atomic E-state index is 9.75. The molecule has 0 aliphatic rings. The van der Waals surface area contributed by atoms with Crippen LogP contribution in [0, 0.1) is 0 Å². The predicted octanol–water partition coefficient (Wildman–Crippen LogP) is 1.91. The zero-order chi connectivity index (χ0) is 4.99. The molecule has 0 aliphatic carbocycles. The van der Waals surface area contributed by atoms with Gasteiger partial charge in [-0.15, -0.1) is 0 Å². The molecule has 0 aromatic carbocycles. The van der Waals surface area contributed by atoms with Crippen molar-refractivity contribution in [2.24, 2.45) is 0 Å². The van der Waals surface area contributed by atoms with Crippen LogP contribution in [0.15, 0.2) is 11.3 Å². The van der Waals surface area contributed by atoms with Crippen molar-refractivity contribution in [3.8, 4) is 0 Å². The molecule has 0 heterocycles. The zero-order valence-corrected chi connectivity index (χ0v) is 4.33. The number of rotatable bonds is 1. The molecule has 2 heteroatoms. The average molecular weight is 106 g/mol. The van der Waals surface area contributed by atoms with Crippen LogP contribution in [-0.4, -0.2) is 0 Å². The lowest BCUT2D eigenvalue weighted by Crippen LogP contribution is -1.57. The van der Waals surface area contributed by atoms with E-state index >= 15 is 0 Å². The Morgan fingerprint density at radius 1 is 2.00 bits per heavy atom. The molecular formula is C4H6ClO. The fraction of sp³-hybridized carbons (Fsp3) is 0.500. The Labute approximate surface area is 42.2 Å². The van der Waals surface area contributed by atoms with E-state index in [2.05, 4.69) is 0 Å². The van der Waals surface area contributed by atoms with Gasteiger partial charge in [-0.1, -0.05) is 6.92 Å². The van der Waals surface area contributed by atoms with Crippen LogP contribution >= 0.6 is 11.6 Å². The van der Waals surface area contributed by atoms with Crippen LogP contribution in [0.25, 0.3) is 0 Å². The van der Waals surface area contributed by atoms with Gasteiger partial charge < -0.3 is 0 Å². The van der Waals surface area contributed by atoms with Crippen LogP contribution in [0.4, 0.5) is 0 Å². The summed E-state index contributed by atoms with van der Waals surface area (Å²) in [5.41, 5.74) is 0. The molecule has 0 aliphatic heterocycles. The van der Waals surface area contributed by atoms with Crippen molar-refractivity contribution >= 4 is 11.6 Å². The monoisotopic (exact) mass is 105 g/mol. The summed E-state index contributed by atoms with van der Waals surface area (Å²) >= 11 is 4.88. The second kappa shape index (κ2) is 3.04. The van der Waals surface area contributed by atoms with E-state index in [1.165, 1.54) is 6.08 Å². The van der Waals surface area contributed by atoms with Gasteiger partial charge in [0.05, 0.1) is 0 Å². The molecule has 0 saturated heterocycles. The minimum absolute atomic E-state index is 0.363. The van der Waals surface area contributed by atoms with E-state index in [1.807, 2.05) is 6.92 Å². The van der Waals surface area contributed by atoms with Gasteiger partial charge in [0.15, 0.2) is 0 Å². The van der Waals surface area contributed by atoms with E-state index in [1.54, 1.807) is 0 Å². The van der Waals surface area contributed by atoms with E-state index in [4.69, 9.17) is 11.6 Å². The minimum Gasteiger partial charge on any atom is -0.277 e. The van der Waals surface area contributed by atoms with Crippen LogP contribution in [0.1, 0.15) is 13.3 Å². The van der Waals surface area contributed by atoms with Crippen LogP contribution in [0.3, 0.4) is 0 Å². The third kappa shape index (κ3) is 3.83. The first-order valence-electron chi connectivity index (χ1n) is 1.80. The lowest BCUT2D eigenvalue weighted by Gasteiger charge is -1.71. The molecular weight excluding hydrogens is 99.5 g/mol. The highest BCUT2D eigenvalue weighted by Gasteiger charge is 1.78. The Bertz CT molecular complexity index is 54.6. The number of hydrogen-bond donors (Lipinski definition) is 0. The van der Waals surface area contributed by atoms with Gasteiger partial charge in [-0.2, -0.15) is 0 Å². The molecule has 0 spiro atoms. The summed E-state index contributed by atoms with van der Waals surface area (Å²) in [6, 6.07) is 0. The Balaban J connectivity index is 3.14. The molecule has 6 heavy (non-hydrogen) atoms. The molecule has 0 bridgehead atoms. The van der Waals surface area contributed by atoms with Gasteiger partial charge in [0, 0.05) is 0 Å². The van der Waals surface area contributed by atoms with E-state index in [9.17, 15) is 5.11 Å². The molecule has 0 fully saturated rings. The summed E-state index contributed by atoms with van der Waals surface area (Å²) in [5, 5.41) is 9.39. The summed E-state index contributed by atoms with van der Waals surface area (Å²) in [4.78, 5) is 0. The van der Waals surface area contributed by atoms with Gasteiger partial charge in [0.25, 0.3) is 0 Å². The normalized spacial score (nSPS) is 12.0. The van der Waals surface area contributed by atoms with Crippen LogP contribution in [0.5, 0.6) is 0 Å². The van der Waals surface area contributed by atoms with E-state index in [0.29, 0.717) is 0 Å². The lowest BCUT2D eigenvalue weighted by molar-refractivity contribution is 0.331. The molecule has 1 nitrogen and oxygen atoms in total. The van der Waals surface area contributed by atoms with E-state index in [-0.39, 0.29) is 5.22 Å². The number of allylic oxidation sites excluding steroid dienone is 1. The minimum atomic E-state index is -0.363. The second-order valence-electron chi connectivity index (χ2n) is 0.916. The van der Waals surface area contributed by atoms with Gasteiger partial charge in [-0.05, 0) is 24.1 Å². The van der Waals surface area contributed by atoms with Gasteiger partial charge in [-0.3, -0.25) is 5.11 Å². The molecule has 35 valence electrons. The fourth-order valence-corrected chi connectivity index (χ4v) is 0.315. The van der Waals surface area contributed by atoms with Crippen molar-refractivity contribution in [1.82, 2.24) is 0 Å². The van der Waals surface area contributed by atoms with Gasteiger partial charge >= 0.3 is 0 Å². The van der Waals surface area contributed by atoms with Crippen LogP contribution in [-0.2, 0) is 5.11 Å². The fourth-order valence-electron chi connectivity index (χ4n) is 0.160. The standard InChI is InChI=1S/C4H6ClO/c1-2-3-4(5)6/h3H,2H2,1H3/b4-3+. The third-order valence-electron chi connectivity index (χ3n) is 0.365. The molecule has 0 atom stereocenters. The molecule has 0 aromatic heterocycles. The Hall–Kier alpha value is -0.170. The quantitative estimate of drug-likeness (QED) is 0.454. The maximum absolute atomic E-state index is 9.75. The van der Waals surface area contributed by atoms with Crippen molar-refractivity contribution in [3.05, 3.63) is 11.3 Å². The Morgan fingerprint density at radius 3 is 2.50 bits per heavy atom. The van der Waals surface area contributed by atoms with Crippen molar-refractivity contribution in [3.63, 3.8) is 0 Å². The van der Waals surface area contributed by atoms with Gasteiger partial charge in [0.2, 0.25) is 5.22 Å². The summed E-state index contributed by atoms with van der Waals surface area (Å²) < 4.78 is 0. The molecule has 0 N–H and O–H groups in total. The Morgan fingerprint density at radius 2 is 2.50 bits per heavy atom. The first-order valence-corrected chi connectivity index (χ1v) is 2.18. The lowest BCUT2D eigenvalue weighted by atomic mass is 10.5.